The predicted molar refractivity (Wildman–Crippen MR) is 94.2 cm³/mol. The average molecular weight is 336 g/mol. The molecule has 0 heterocycles. The van der Waals surface area contributed by atoms with Crippen LogP contribution in [0.3, 0.4) is 0 Å². The molecular formula is C17H37NO3S. The highest BCUT2D eigenvalue weighted by molar-refractivity contribution is 7.86. The van der Waals surface area contributed by atoms with Crippen molar-refractivity contribution >= 4 is 10.1 Å². The van der Waals surface area contributed by atoms with Crippen LogP contribution in [0.15, 0.2) is 0 Å². The van der Waals surface area contributed by atoms with E-state index in [1.165, 1.54) is 56.4 Å². The molecule has 0 aromatic heterocycles. The molecule has 0 aliphatic carbocycles. The van der Waals surface area contributed by atoms with Gasteiger partial charge in [-0.3, -0.25) is 0 Å². The smallest absolute Gasteiger partial charge is 0.198 e. The van der Waals surface area contributed by atoms with E-state index in [1.807, 2.05) is 13.8 Å². The van der Waals surface area contributed by atoms with Crippen molar-refractivity contribution in [2.45, 2.75) is 97.4 Å². The second-order valence-corrected chi connectivity index (χ2v) is 8.02. The van der Waals surface area contributed by atoms with Gasteiger partial charge in [-0.05, 0) is 19.8 Å². The summed E-state index contributed by atoms with van der Waals surface area (Å²) < 4.78 is 28.3. The number of nitrogens with zero attached hydrogens (tertiary/aromatic N) is 1. The summed E-state index contributed by atoms with van der Waals surface area (Å²) >= 11 is 0. The topological polar surface area (TPSA) is 46.6 Å². The van der Waals surface area contributed by atoms with Gasteiger partial charge in [0, 0.05) is 13.1 Å². The zero-order valence-electron chi connectivity index (χ0n) is 15.1. The Hall–Kier alpha value is -0.130. The van der Waals surface area contributed by atoms with Gasteiger partial charge in [0.2, 0.25) is 0 Å². The molecule has 0 spiro atoms. The first-order valence-electron chi connectivity index (χ1n) is 9.08. The maximum absolute atomic E-state index is 11.6. The fourth-order valence-corrected chi connectivity index (χ4v) is 3.55. The molecule has 1 atom stereocenters. The molecule has 0 aliphatic rings. The Labute approximate surface area is 138 Å². The molecular weight excluding hydrogens is 298 g/mol. The van der Waals surface area contributed by atoms with Crippen molar-refractivity contribution in [3.8, 4) is 0 Å². The third-order valence-electron chi connectivity index (χ3n) is 4.03. The lowest BCUT2D eigenvalue weighted by Gasteiger charge is -2.23. The summed E-state index contributed by atoms with van der Waals surface area (Å²) in [6, 6.07) is 0.135. The normalized spacial score (nSPS) is 13.7. The molecule has 0 radical (unpaired) electrons. The molecule has 0 N–H and O–H groups in total. The Kier molecular flexibility index (Phi) is 13.2. The molecule has 0 aromatic carbocycles. The fourth-order valence-electron chi connectivity index (χ4n) is 2.47. The van der Waals surface area contributed by atoms with Crippen LogP contribution < -0.4 is 0 Å². The van der Waals surface area contributed by atoms with E-state index in [4.69, 9.17) is 4.28 Å². The summed E-state index contributed by atoms with van der Waals surface area (Å²) in [4.78, 5) is 0. The third kappa shape index (κ3) is 12.4. The summed E-state index contributed by atoms with van der Waals surface area (Å²) in [5, 5.41) is 1.50. The van der Waals surface area contributed by atoms with Crippen molar-refractivity contribution in [1.29, 1.82) is 0 Å². The first-order chi connectivity index (χ1) is 10.4. The summed E-state index contributed by atoms with van der Waals surface area (Å²) in [7, 11) is -1.69. The second-order valence-electron chi connectivity index (χ2n) is 6.35. The van der Waals surface area contributed by atoms with E-state index in [1.54, 1.807) is 7.05 Å². The van der Waals surface area contributed by atoms with Gasteiger partial charge < -0.3 is 0 Å². The van der Waals surface area contributed by atoms with Crippen LogP contribution in [0.5, 0.6) is 0 Å². The van der Waals surface area contributed by atoms with Gasteiger partial charge in [0.25, 0.3) is 10.1 Å². The Balaban J connectivity index is 3.62. The minimum Gasteiger partial charge on any atom is -0.198 e. The van der Waals surface area contributed by atoms with Crippen molar-refractivity contribution in [1.82, 2.24) is 5.06 Å². The molecule has 0 fully saturated rings. The van der Waals surface area contributed by atoms with Crippen LogP contribution in [0.2, 0.25) is 0 Å². The molecule has 0 rings (SSSR count). The van der Waals surface area contributed by atoms with E-state index in [0.29, 0.717) is 6.42 Å². The number of hydroxylamine groups is 2. The Morgan fingerprint density at radius 2 is 1.36 bits per heavy atom. The van der Waals surface area contributed by atoms with Gasteiger partial charge >= 0.3 is 0 Å². The molecule has 4 nitrogen and oxygen atoms in total. The largest absolute Gasteiger partial charge is 0.283 e. The molecule has 0 saturated carbocycles. The molecule has 0 amide bonds. The summed E-state index contributed by atoms with van der Waals surface area (Å²) in [6.45, 7) is 6.11. The maximum Gasteiger partial charge on any atom is 0.283 e. The van der Waals surface area contributed by atoms with Crippen molar-refractivity contribution in [3.05, 3.63) is 0 Å². The zero-order chi connectivity index (χ0) is 16.8. The maximum atomic E-state index is 11.6. The van der Waals surface area contributed by atoms with Gasteiger partial charge in [-0.15, -0.1) is 0 Å². The van der Waals surface area contributed by atoms with E-state index in [0.717, 1.165) is 12.8 Å². The first-order valence-corrected chi connectivity index (χ1v) is 10.7. The number of hydrogen-bond acceptors (Lipinski definition) is 4. The van der Waals surface area contributed by atoms with Crippen molar-refractivity contribution in [3.63, 3.8) is 0 Å². The van der Waals surface area contributed by atoms with Crippen LogP contribution in [-0.2, 0) is 14.4 Å². The van der Waals surface area contributed by atoms with Crippen LogP contribution in [0.25, 0.3) is 0 Å². The lowest BCUT2D eigenvalue weighted by Crippen LogP contribution is -2.32. The van der Waals surface area contributed by atoms with Crippen molar-refractivity contribution in [2.75, 3.05) is 12.8 Å². The van der Waals surface area contributed by atoms with E-state index in [2.05, 4.69) is 6.92 Å². The SMILES string of the molecule is CCCCCCCCCCCC(C)N(C)OS(=O)(=O)CCC. The van der Waals surface area contributed by atoms with Gasteiger partial charge in [0.15, 0.2) is 0 Å². The lowest BCUT2D eigenvalue weighted by molar-refractivity contribution is -0.0609. The first kappa shape index (κ1) is 21.9. The standard InChI is InChI=1S/C17H37NO3S/c1-5-7-8-9-10-11-12-13-14-15-17(3)18(4)21-22(19,20)16-6-2/h17H,5-16H2,1-4H3. The number of hydrogen-bond donors (Lipinski definition) is 0. The monoisotopic (exact) mass is 335 g/mol. The molecule has 134 valence electrons. The van der Waals surface area contributed by atoms with Crippen molar-refractivity contribution in [2.24, 2.45) is 0 Å². The summed E-state index contributed by atoms with van der Waals surface area (Å²) in [6.07, 6.45) is 13.3. The van der Waals surface area contributed by atoms with E-state index >= 15 is 0 Å². The highest BCUT2D eigenvalue weighted by Gasteiger charge is 2.17. The van der Waals surface area contributed by atoms with Gasteiger partial charge in [-0.2, -0.15) is 17.8 Å². The molecule has 22 heavy (non-hydrogen) atoms. The van der Waals surface area contributed by atoms with E-state index < -0.39 is 10.1 Å². The molecule has 1 unspecified atom stereocenters. The average Bonchev–Trinajstić information content (AvgIpc) is 2.44. The van der Waals surface area contributed by atoms with Gasteiger partial charge in [-0.25, -0.2) is 0 Å². The Morgan fingerprint density at radius 3 is 1.86 bits per heavy atom. The zero-order valence-corrected chi connectivity index (χ0v) is 16.0. The van der Waals surface area contributed by atoms with Crippen molar-refractivity contribution < 1.29 is 12.7 Å². The Bertz CT molecular complexity index is 344. The van der Waals surface area contributed by atoms with Crippen LogP contribution in [0.4, 0.5) is 0 Å². The summed E-state index contributed by atoms with van der Waals surface area (Å²) in [5.74, 6) is 0.0854. The van der Waals surface area contributed by atoms with Gasteiger partial charge in [0.1, 0.15) is 0 Å². The van der Waals surface area contributed by atoms with Gasteiger partial charge in [-0.1, -0.05) is 71.6 Å². The second kappa shape index (κ2) is 13.3. The van der Waals surface area contributed by atoms with Crippen LogP contribution in [-0.4, -0.2) is 32.3 Å². The quantitative estimate of drug-likeness (QED) is 0.315. The number of unbranched alkanes of at least 4 members (excludes halogenated alkanes) is 8. The highest BCUT2D eigenvalue weighted by atomic mass is 32.2. The Morgan fingerprint density at radius 1 is 0.864 bits per heavy atom. The third-order valence-corrected chi connectivity index (χ3v) is 5.40. The highest BCUT2D eigenvalue weighted by Crippen LogP contribution is 2.14. The lowest BCUT2D eigenvalue weighted by atomic mass is 10.0. The molecule has 5 heteroatoms. The molecule has 0 saturated heterocycles. The molecule has 0 bridgehead atoms. The fraction of sp³-hybridized carbons (Fsp3) is 1.00. The minimum absolute atomic E-state index is 0.0854. The van der Waals surface area contributed by atoms with Crippen LogP contribution >= 0.6 is 0 Å². The van der Waals surface area contributed by atoms with Gasteiger partial charge in [0.05, 0.1) is 5.75 Å². The van der Waals surface area contributed by atoms with Crippen LogP contribution in [0.1, 0.15) is 91.4 Å². The molecule has 0 aromatic rings. The molecule has 0 aliphatic heterocycles. The minimum atomic E-state index is -3.40. The van der Waals surface area contributed by atoms with E-state index in [-0.39, 0.29) is 11.8 Å². The predicted octanol–water partition coefficient (Wildman–Crippen LogP) is 4.90. The van der Waals surface area contributed by atoms with E-state index in [9.17, 15) is 8.42 Å². The number of rotatable bonds is 15. The summed E-state index contributed by atoms with van der Waals surface area (Å²) in [5.41, 5.74) is 0. The van der Waals surface area contributed by atoms with Crippen LogP contribution in [0, 0.1) is 0 Å².